The van der Waals surface area contributed by atoms with E-state index >= 15 is 0 Å². The molecule has 1 aromatic carbocycles. The Labute approximate surface area is 112 Å². The lowest BCUT2D eigenvalue weighted by molar-refractivity contribution is 0.696. The Balaban J connectivity index is 1.80. The largest absolute Gasteiger partial charge is 0.336 e. The van der Waals surface area contributed by atoms with Gasteiger partial charge >= 0.3 is 5.69 Å². The van der Waals surface area contributed by atoms with E-state index in [9.17, 15) is 9.59 Å². The number of H-pyrrole nitrogens is 3. The Morgan fingerprint density at radius 3 is 2.40 bits per heavy atom. The normalized spacial score (nSPS) is 14.8. The molecule has 100 valence electrons. The highest BCUT2D eigenvalue weighted by molar-refractivity contribution is 5.68. The lowest BCUT2D eigenvalue weighted by Crippen LogP contribution is -2.21. The smallest absolute Gasteiger partial charge is 0.327 e. The zero-order valence-corrected chi connectivity index (χ0v) is 10.6. The zero-order chi connectivity index (χ0) is 13.7. The second-order valence-electron chi connectivity index (χ2n) is 5.13. The Kier molecular flexibility index (Phi) is 2.20. The number of hydrogen-bond acceptors (Lipinski definition) is 3. The number of nitrogens with zero attached hydrogens (tertiary/aromatic N) is 1. The predicted octanol–water partition coefficient (Wildman–Crippen LogP) is 0.822. The number of rotatable bonds is 1. The van der Waals surface area contributed by atoms with E-state index in [-0.39, 0.29) is 5.92 Å². The van der Waals surface area contributed by atoms with E-state index in [1.807, 2.05) is 12.1 Å². The summed E-state index contributed by atoms with van der Waals surface area (Å²) in [6, 6.07) is 8.30. The Morgan fingerprint density at radius 2 is 1.70 bits per heavy atom. The van der Waals surface area contributed by atoms with Crippen LogP contribution in [0.5, 0.6) is 0 Å². The first-order valence-electron chi connectivity index (χ1n) is 6.50. The third-order valence-corrected chi connectivity index (χ3v) is 3.85. The number of nitrogens with one attached hydrogen (secondary N) is 3. The maximum Gasteiger partial charge on any atom is 0.327 e. The number of fused-ring (bicyclic) bond motifs is 2. The van der Waals surface area contributed by atoms with Gasteiger partial charge in [-0.2, -0.15) is 0 Å². The van der Waals surface area contributed by atoms with Gasteiger partial charge in [0, 0.05) is 5.92 Å². The summed E-state index contributed by atoms with van der Waals surface area (Å²) in [6.07, 6.45) is 1.80. The quantitative estimate of drug-likeness (QED) is 0.610. The molecule has 0 fully saturated rings. The van der Waals surface area contributed by atoms with E-state index in [1.54, 1.807) is 0 Å². The van der Waals surface area contributed by atoms with Crippen LogP contribution in [0.1, 0.15) is 22.9 Å². The van der Waals surface area contributed by atoms with Crippen LogP contribution in [0.4, 0.5) is 0 Å². The molecule has 20 heavy (non-hydrogen) atoms. The molecular formula is C14H12N4O2. The second-order valence-corrected chi connectivity index (χ2v) is 5.13. The van der Waals surface area contributed by atoms with E-state index in [2.05, 4.69) is 32.1 Å². The molecule has 2 heterocycles. The van der Waals surface area contributed by atoms with Gasteiger partial charge in [0.05, 0.1) is 0 Å². The summed E-state index contributed by atoms with van der Waals surface area (Å²) in [5.74, 6) is 0.978. The summed E-state index contributed by atoms with van der Waals surface area (Å²) < 4.78 is 0. The van der Waals surface area contributed by atoms with Crippen LogP contribution in [-0.4, -0.2) is 19.9 Å². The predicted molar refractivity (Wildman–Crippen MR) is 73.9 cm³/mol. The van der Waals surface area contributed by atoms with E-state index < -0.39 is 11.2 Å². The fourth-order valence-corrected chi connectivity index (χ4v) is 2.90. The minimum absolute atomic E-state index is 0.225. The van der Waals surface area contributed by atoms with Crippen molar-refractivity contribution in [2.45, 2.75) is 18.8 Å². The molecule has 0 saturated heterocycles. The molecule has 0 bridgehead atoms. The van der Waals surface area contributed by atoms with Gasteiger partial charge in [-0.3, -0.25) is 14.8 Å². The average Bonchev–Trinajstić information content (AvgIpc) is 3.01. The Hall–Kier alpha value is -2.63. The number of benzene rings is 1. The maximum absolute atomic E-state index is 11.7. The molecule has 0 amide bonds. The summed E-state index contributed by atoms with van der Waals surface area (Å²) in [7, 11) is 0. The van der Waals surface area contributed by atoms with Crippen LogP contribution in [0.15, 0.2) is 33.9 Å². The van der Waals surface area contributed by atoms with Crippen molar-refractivity contribution in [3.05, 3.63) is 62.1 Å². The van der Waals surface area contributed by atoms with Crippen LogP contribution in [0, 0.1) is 0 Å². The van der Waals surface area contributed by atoms with Crippen LogP contribution in [0.3, 0.4) is 0 Å². The van der Waals surface area contributed by atoms with Gasteiger partial charge in [-0.25, -0.2) is 9.78 Å². The fraction of sp³-hybridized carbons (Fsp3) is 0.214. The summed E-state index contributed by atoms with van der Waals surface area (Å²) in [5, 5.41) is 0. The first kappa shape index (κ1) is 11.2. The molecule has 0 aliphatic heterocycles. The molecule has 3 N–H and O–H groups in total. The molecule has 6 heteroatoms. The molecule has 0 unspecified atom stereocenters. The molecule has 0 saturated carbocycles. The molecule has 0 spiro atoms. The van der Waals surface area contributed by atoms with Crippen molar-refractivity contribution in [1.82, 2.24) is 19.9 Å². The maximum atomic E-state index is 11.7. The van der Waals surface area contributed by atoms with Gasteiger partial charge < -0.3 is 4.98 Å². The summed E-state index contributed by atoms with van der Waals surface area (Å²) in [4.78, 5) is 35.1. The SMILES string of the molecule is O=c1[nH]c(=O)c2[nH]c(C3Cc4ccccc4C3)nc2[nH]1. The van der Waals surface area contributed by atoms with Crippen molar-refractivity contribution in [2.24, 2.45) is 0 Å². The molecule has 3 aromatic rings. The zero-order valence-electron chi connectivity index (χ0n) is 10.6. The van der Waals surface area contributed by atoms with Crippen molar-refractivity contribution < 1.29 is 0 Å². The number of hydrogen-bond donors (Lipinski definition) is 3. The lowest BCUT2D eigenvalue weighted by Gasteiger charge is -2.03. The van der Waals surface area contributed by atoms with Gasteiger partial charge in [-0.1, -0.05) is 24.3 Å². The lowest BCUT2D eigenvalue weighted by atomic mass is 10.1. The van der Waals surface area contributed by atoms with Crippen LogP contribution in [0.2, 0.25) is 0 Å². The number of aromatic nitrogens is 4. The Bertz CT molecular complexity index is 894. The molecule has 0 radical (unpaired) electrons. The first-order chi connectivity index (χ1) is 9.70. The van der Waals surface area contributed by atoms with Gasteiger partial charge in [0.25, 0.3) is 5.56 Å². The summed E-state index contributed by atoms with van der Waals surface area (Å²) in [5.41, 5.74) is 2.33. The van der Waals surface area contributed by atoms with Gasteiger partial charge in [0.1, 0.15) is 11.3 Å². The highest BCUT2D eigenvalue weighted by Gasteiger charge is 2.25. The van der Waals surface area contributed by atoms with Gasteiger partial charge in [0.2, 0.25) is 0 Å². The highest BCUT2D eigenvalue weighted by atomic mass is 16.2. The molecule has 0 atom stereocenters. The number of aromatic amines is 3. The standard InChI is InChI=1S/C14H12N4O2/c19-13-10-12(17-14(20)18-13)16-11(15-10)9-5-7-3-1-2-4-8(7)6-9/h1-4,9H,5-6H2,(H3,15,16,17,18,19,20). The van der Waals surface area contributed by atoms with Crippen molar-refractivity contribution in [2.75, 3.05) is 0 Å². The topological polar surface area (TPSA) is 94.4 Å². The molecule has 6 nitrogen and oxygen atoms in total. The minimum Gasteiger partial charge on any atom is -0.336 e. The second kappa shape index (κ2) is 3.93. The molecule has 1 aliphatic carbocycles. The van der Waals surface area contributed by atoms with Crippen molar-refractivity contribution in [1.29, 1.82) is 0 Å². The van der Waals surface area contributed by atoms with Gasteiger partial charge in [-0.15, -0.1) is 0 Å². The molecular weight excluding hydrogens is 256 g/mol. The van der Waals surface area contributed by atoms with Crippen LogP contribution >= 0.6 is 0 Å². The van der Waals surface area contributed by atoms with Crippen molar-refractivity contribution >= 4 is 11.2 Å². The molecule has 4 rings (SSSR count). The third kappa shape index (κ3) is 1.61. The van der Waals surface area contributed by atoms with Crippen LogP contribution in [-0.2, 0) is 12.8 Å². The van der Waals surface area contributed by atoms with E-state index in [1.165, 1.54) is 11.1 Å². The van der Waals surface area contributed by atoms with Gasteiger partial charge in [-0.05, 0) is 24.0 Å². The monoisotopic (exact) mass is 268 g/mol. The summed E-state index contributed by atoms with van der Waals surface area (Å²) in [6.45, 7) is 0. The van der Waals surface area contributed by atoms with Crippen molar-refractivity contribution in [3.63, 3.8) is 0 Å². The average molecular weight is 268 g/mol. The van der Waals surface area contributed by atoms with E-state index in [4.69, 9.17) is 0 Å². The Morgan fingerprint density at radius 1 is 1.00 bits per heavy atom. The fourth-order valence-electron chi connectivity index (χ4n) is 2.90. The minimum atomic E-state index is -0.532. The number of imidazole rings is 1. The van der Waals surface area contributed by atoms with Crippen LogP contribution in [0.25, 0.3) is 11.2 Å². The van der Waals surface area contributed by atoms with E-state index in [0.717, 1.165) is 18.7 Å². The molecule has 2 aromatic heterocycles. The third-order valence-electron chi connectivity index (χ3n) is 3.85. The highest BCUT2D eigenvalue weighted by Crippen LogP contribution is 2.32. The summed E-state index contributed by atoms with van der Waals surface area (Å²) >= 11 is 0. The van der Waals surface area contributed by atoms with Gasteiger partial charge in [0.15, 0.2) is 5.65 Å². The first-order valence-corrected chi connectivity index (χ1v) is 6.50. The molecule has 1 aliphatic rings. The van der Waals surface area contributed by atoms with E-state index in [0.29, 0.717) is 11.2 Å². The van der Waals surface area contributed by atoms with Crippen LogP contribution < -0.4 is 11.2 Å². The van der Waals surface area contributed by atoms with Crippen molar-refractivity contribution in [3.8, 4) is 0 Å².